The lowest BCUT2D eigenvalue weighted by Crippen LogP contribution is -2.15. The summed E-state index contributed by atoms with van der Waals surface area (Å²) >= 11 is 0. The standard InChI is InChI=1S/C37H27NO/c1-37(2)31-15-7-5-12-28(31)29-19-18-25(22-32(29)37)38-33-21-24(20-23-10-3-4-11-26(23)33)27-14-9-17-35-36(27)30-13-6-8-16-34(30)39-35/h3-22,38H,1-2H3. The predicted octanol–water partition coefficient (Wildman–Crippen LogP) is 10.5. The van der Waals surface area contributed by atoms with E-state index in [0.29, 0.717) is 0 Å². The van der Waals surface area contributed by atoms with Gasteiger partial charge in [-0.15, -0.1) is 0 Å². The third-order valence-corrected chi connectivity index (χ3v) is 8.44. The van der Waals surface area contributed by atoms with Gasteiger partial charge in [0.2, 0.25) is 0 Å². The zero-order valence-corrected chi connectivity index (χ0v) is 22.0. The smallest absolute Gasteiger partial charge is 0.136 e. The number of hydrogen-bond donors (Lipinski definition) is 1. The molecule has 7 aromatic rings. The summed E-state index contributed by atoms with van der Waals surface area (Å²) in [5.74, 6) is 0. The van der Waals surface area contributed by atoms with Crippen LogP contribution in [0.15, 0.2) is 126 Å². The number of hydrogen-bond acceptors (Lipinski definition) is 2. The Bertz CT molecular complexity index is 2080. The van der Waals surface area contributed by atoms with Crippen molar-refractivity contribution in [2.45, 2.75) is 19.3 Å². The van der Waals surface area contributed by atoms with Crippen LogP contribution >= 0.6 is 0 Å². The molecule has 0 spiro atoms. The van der Waals surface area contributed by atoms with Gasteiger partial charge in [-0.05, 0) is 75.2 Å². The SMILES string of the molecule is CC1(C)c2ccccc2-c2ccc(Nc3cc(-c4cccc5oc6ccccc6c45)cc4ccccc34)cc21. The first-order valence-corrected chi connectivity index (χ1v) is 13.5. The number of furan rings is 1. The van der Waals surface area contributed by atoms with E-state index in [1.165, 1.54) is 44.2 Å². The molecule has 1 aliphatic carbocycles. The first-order valence-electron chi connectivity index (χ1n) is 13.5. The highest BCUT2D eigenvalue weighted by Gasteiger charge is 2.35. The molecule has 0 fully saturated rings. The highest BCUT2D eigenvalue weighted by molar-refractivity contribution is 6.13. The lowest BCUT2D eigenvalue weighted by molar-refractivity contribution is 0.660. The topological polar surface area (TPSA) is 25.2 Å². The molecule has 8 rings (SSSR count). The third-order valence-electron chi connectivity index (χ3n) is 8.44. The first-order chi connectivity index (χ1) is 19.1. The van der Waals surface area contributed by atoms with Gasteiger partial charge in [0.1, 0.15) is 11.2 Å². The van der Waals surface area contributed by atoms with E-state index >= 15 is 0 Å². The second-order valence-corrected chi connectivity index (χ2v) is 11.1. The van der Waals surface area contributed by atoms with Crippen molar-refractivity contribution >= 4 is 44.1 Å². The number of nitrogens with one attached hydrogen (secondary N) is 1. The minimum atomic E-state index is -0.0362. The van der Waals surface area contributed by atoms with Crippen LogP contribution in [0.3, 0.4) is 0 Å². The normalized spacial score (nSPS) is 13.6. The van der Waals surface area contributed by atoms with E-state index in [-0.39, 0.29) is 5.41 Å². The van der Waals surface area contributed by atoms with Crippen molar-refractivity contribution in [2.75, 3.05) is 5.32 Å². The van der Waals surface area contributed by atoms with Gasteiger partial charge in [0.25, 0.3) is 0 Å². The Morgan fingerprint density at radius 1 is 0.564 bits per heavy atom. The van der Waals surface area contributed by atoms with Crippen molar-refractivity contribution in [1.82, 2.24) is 0 Å². The van der Waals surface area contributed by atoms with Crippen LogP contribution in [-0.2, 0) is 5.41 Å². The van der Waals surface area contributed by atoms with Crippen molar-refractivity contribution in [1.29, 1.82) is 0 Å². The van der Waals surface area contributed by atoms with Crippen LogP contribution in [0.5, 0.6) is 0 Å². The molecule has 1 N–H and O–H groups in total. The molecule has 0 amide bonds. The largest absolute Gasteiger partial charge is 0.456 e. The molecule has 1 heterocycles. The van der Waals surface area contributed by atoms with Gasteiger partial charge in [-0.1, -0.05) is 98.8 Å². The van der Waals surface area contributed by atoms with Gasteiger partial charge in [-0.2, -0.15) is 0 Å². The Labute approximate surface area is 227 Å². The molecule has 0 saturated carbocycles. The van der Waals surface area contributed by atoms with Crippen molar-refractivity contribution in [3.63, 3.8) is 0 Å². The summed E-state index contributed by atoms with van der Waals surface area (Å²) in [4.78, 5) is 0. The van der Waals surface area contributed by atoms with Crippen LogP contribution in [0.1, 0.15) is 25.0 Å². The molecule has 0 saturated heterocycles. The van der Waals surface area contributed by atoms with Crippen LogP contribution < -0.4 is 5.32 Å². The fourth-order valence-electron chi connectivity index (χ4n) is 6.52. The maximum Gasteiger partial charge on any atom is 0.136 e. The highest BCUT2D eigenvalue weighted by Crippen LogP contribution is 2.49. The fraction of sp³-hybridized carbons (Fsp3) is 0.0811. The third kappa shape index (κ3) is 3.28. The minimum Gasteiger partial charge on any atom is -0.456 e. The van der Waals surface area contributed by atoms with Gasteiger partial charge in [0, 0.05) is 32.9 Å². The zero-order valence-electron chi connectivity index (χ0n) is 22.0. The van der Waals surface area contributed by atoms with Crippen molar-refractivity contribution in [3.05, 3.63) is 132 Å². The number of rotatable bonds is 3. The molecule has 186 valence electrons. The van der Waals surface area contributed by atoms with Crippen LogP contribution in [0.4, 0.5) is 11.4 Å². The second-order valence-electron chi connectivity index (χ2n) is 11.1. The summed E-state index contributed by atoms with van der Waals surface area (Å²) in [6, 6.07) is 43.4. The maximum absolute atomic E-state index is 6.20. The monoisotopic (exact) mass is 501 g/mol. The molecule has 39 heavy (non-hydrogen) atoms. The van der Waals surface area contributed by atoms with E-state index < -0.39 is 0 Å². The molecule has 0 atom stereocenters. The first kappa shape index (κ1) is 22.2. The van der Waals surface area contributed by atoms with E-state index in [1.807, 2.05) is 12.1 Å². The zero-order chi connectivity index (χ0) is 26.1. The van der Waals surface area contributed by atoms with Gasteiger partial charge in [-0.25, -0.2) is 0 Å². The van der Waals surface area contributed by atoms with Gasteiger partial charge >= 0.3 is 0 Å². The molecule has 0 radical (unpaired) electrons. The van der Waals surface area contributed by atoms with Crippen LogP contribution in [0.25, 0.3) is 55.0 Å². The molecule has 2 heteroatoms. The Morgan fingerprint density at radius 3 is 2.21 bits per heavy atom. The number of benzene rings is 6. The van der Waals surface area contributed by atoms with Crippen LogP contribution in [0.2, 0.25) is 0 Å². The van der Waals surface area contributed by atoms with Crippen molar-refractivity contribution in [3.8, 4) is 22.3 Å². The van der Waals surface area contributed by atoms with E-state index in [9.17, 15) is 0 Å². The lowest BCUT2D eigenvalue weighted by atomic mass is 9.82. The minimum absolute atomic E-state index is 0.0362. The molecule has 1 aromatic heterocycles. The molecule has 6 aromatic carbocycles. The molecule has 0 unspecified atom stereocenters. The van der Waals surface area contributed by atoms with E-state index in [1.54, 1.807) is 0 Å². The molecular weight excluding hydrogens is 474 g/mol. The summed E-state index contributed by atoms with van der Waals surface area (Å²) in [5.41, 5.74) is 11.8. The lowest BCUT2D eigenvalue weighted by Gasteiger charge is -2.22. The molecule has 0 aliphatic heterocycles. The van der Waals surface area contributed by atoms with Crippen LogP contribution in [0, 0.1) is 0 Å². The number of anilines is 2. The Morgan fingerprint density at radius 2 is 1.28 bits per heavy atom. The van der Waals surface area contributed by atoms with Crippen molar-refractivity contribution in [2.24, 2.45) is 0 Å². The van der Waals surface area contributed by atoms with Gasteiger partial charge < -0.3 is 9.73 Å². The van der Waals surface area contributed by atoms with Crippen molar-refractivity contribution < 1.29 is 4.42 Å². The Kier molecular flexibility index (Phi) is 4.60. The summed E-state index contributed by atoms with van der Waals surface area (Å²) in [7, 11) is 0. The highest BCUT2D eigenvalue weighted by atomic mass is 16.3. The Balaban J connectivity index is 1.29. The summed E-state index contributed by atoms with van der Waals surface area (Å²) < 4.78 is 6.20. The molecule has 1 aliphatic rings. The van der Waals surface area contributed by atoms with Gasteiger partial charge in [0.05, 0.1) is 0 Å². The fourth-order valence-corrected chi connectivity index (χ4v) is 6.52. The second kappa shape index (κ2) is 8.09. The van der Waals surface area contributed by atoms with Gasteiger partial charge in [-0.3, -0.25) is 0 Å². The predicted molar refractivity (Wildman–Crippen MR) is 164 cm³/mol. The summed E-state index contributed by atoms with van der Waals surface area (Å²) in [6.45, 7) is 4.65. The summed E-state index contributed by atoms with van der Waals surface area (Å²) in [6.07, 6.45) is 0. The van der Waals surface area contributed by atoms with Gasteiger partial charge in [0.15, 0.2) is 0 Å². The Hall–Kier alpha value is -4.82. The quantitative estimate of drug-likeness (QED) is 0.260. The van der Waals surface area contributed by atoms with Crippen LogP contribution in [-0.4, -0.2) is 0 Å². The molecule has 0 bridgehead atoms. The molecular formula is C37H27NO. The molecule has 2 nitrogen and oxygen atoms in total. The maximum atomic E-state index is 6.20. The summed E-state index contributed by atoms with van der Waals surface area (Å²) in [5, 5.41) is 8.52. The van der Waals surface area contributed by atoms with E-state index in [4.69, 9.17) is 4.42 Å². The average molecular weight is 502 g/mol. The number of fused-ring (bicyclic) bond motifs is 7. The van der Waals surface area contributed by atoms with E-state index in [2.05, 4.69) is 128 Å². The van der Waals surface area contributed by atoms with E-state index in [0.717, 1.165) is 33.3 Å². The average Bonchev–Trinajstić information content (AvgIpc) is 3.46. The number of para-hydroxylation sites is 1.